The van der Waals surface area contributed by atoms with E-state index in [1.807, 2.05) is 61.5 Å². The lowest BCUT2D eigenvalue weighted by atomic mass is 9.94. The number of hydrogen-bond donors (Lipinski definition) is 1. The molecule has 0 aliphatic carbocycles. The number of likely N-dealkylation sites (N-methyl/N-ethyl adjacent to an activating group) is 2. The number of carbonyl (C=O) groups is 3. The summed E-state index contributed by atoms with van der Waals surface area (Å²) in [4.78, 5) is 51.7. The minimum atomic E-state index is -0.948. The van der Waals surface area contributed by atoms with Gasteiger partial charge in [0, 0.05) is 37.5 Å². The molecule has 4 rings (SSSR count). The van der Waals surface area contributed by atoms with E-state index in [1.54, 1.807) is 24.5 Å². The largest absolute Gasteiger partial charge is 0.386 e. The molecule has 0 spiro atoms. The lowest BCUT2D eigenvalue weighted by Crippen LogP contribution is -2.53. The Morgan fingerprint density at radius 1 is 1.03 bits per heavy atom. The van der Waals surface area contributed by atoms with Gasteiger partial charge in [-0.3, -0.25) is 14.8 Å². The molecule has 1 amide bonds. The first-order valence-corrected chi connectivity index (χ1v) is 10.7. The molecular weight excluding hydrogens is 436 g/mol. The monoisotopic (exact) mass is 460 g/mol. The van der Waals surface area contributed by atoms with E-state index in [0.717, 1.165) is 23.3 Å². The van der Waals surface area contributed by atoms with E-state index in [-0.39, 0.29) is 11.3 Å². The molecule has 0 fully saturated rings. The highest BCUT2D eigenvalue weighted by atomic mass is 17.2. The normalized spacial score (nSPS) is 16.5. The molecule has 1 aliphatic heterocycles. The molecule has 2 heterocycles. The molecule has 1 aliphatic rings. The van der Waals surface area contributed by atoms with Gasteiger partial charge in [0.25, 0.3) is 5.91 Å². The van der Waals surface area contributed by atoms with E-state index >= 15 is 0 Å². The van der Waals surface area contributed by atoms with Crippen LogP contribution in [-0.2, 0) is 24.2 Å². The van der Waals surface area contributed by atoms with Gasteiger partial charge in [-0.25, -0.2) is 24.4 Å². The molecule has 0 saturated carbocycles. The van der Waals surface area contributed by atoms with E-state index in [0.29, 0.717) is 12.2 Å². The van der Waals surface area contributed by atoms with Crippen LogP contribution in [0.3, 0.4) is 0 Å². The van der Waals surface area contributed by atoms with Crippen LogP contribution in [0.1, 0.15) is 25.5 Å². The van der Waals surface area contributed by atoms with Crippen molar-refractivity contribution in [3.8, 4) is 0 Å². The first kappa shape index (κ1) is 22.9. The molecule has 1 atom stereocenters. The van der Waals surface area contributed by atoms with Gasteiger partial charge in [-0.15, -0.1) is 0 Å². The smallest absolute Gasteiger partial charge is 0.349 e. The summed E-state index contributed by atoms with van der Waals surface area (Å²) in [6, 6.07) is 16.1. The van der Waals surface area contributed by atoms with Gasteiger partial charge in [0.05, 0.1) is 23.5 Å². The summed E-state index contributed by atoms with van der Waals surface area (Å²) in [5.74, 6) is -2.17. The lowest BCUT2D eigenvalue weighted by Gasteiger charge is -2.42. The minimum Gasteiger partial charge on any atom is -0.349 e. The summed E-state index contributed by atoms with van der Waals surface area (Å²) >= 11 is 0. The van der Waals surface area contributed by atoms with Crippen LogP contribution in [-0.4, -0.2) is 46.4 Å². The van der Waals surface area contributed by atoms with Gasteiger partial charge in [-0.1, -0.05) is 54.6 Å². The Balaban J connectivity index is 1.91. The fourth-order valence-electron chi connectivity index (χ4n) is 4.06. The lowest BCUT2D eigenvalue weighted by molar-refractivity contribution is -0.254. The Labute approximate surface area is 196 Å². The van der Waals surface area contributed by atoms with Gasteiger partial charge in [0.2, 0.25) is 0 Å². The average molecular weight is 460 g/mol. The van der Waals surface area contributed by atoms with Crippen molar-refractivity contribution in [1.29, 1.82) is 0 Å². The summed E-state index contributed by atoms with van der Waals surface area (Å²) in [6.45, 7) is 3.33. The zero-order chi connectivity index (χ0) is 24.2. The molecule has 1 unspecified atom stereocenters. The van der Waals surface area contributed by atoms with Crippen LogP contribution in [0.25, 0.3) is 10.8 Å². The third-order valence-electron chi connectivity index (χ3n) is 5.54. The number of aromatic nitrogens is 1. The summed E-state index contributed by atoms with van der Waals surface area (Å²) < 4.78 is 0. The van der Waals surface area contributed by atoms with Gasteiger partial charge in [0.1, 0.15) is 5.70 Å². The fourth-order valence-corrected chi connectivity index (χ4v) is 4.06. The van der Waals surface area contributed by atoms with E-state index < -0.39 is 23.9 Å². The zero-order valence-corrected chi connectivity index (χ0v) is 19.0. The molecule has 1 aromatic heterocycles. The predicted octanol–water partition coefficient (Wildman–Crippen LogP) is 3.37. The Bertz CT molecular complexity index is 1270. The van der Waals surface area contributed by atoms with Gasteiger partial charge in [-0.2, -0.15) is 0 Å². The fraction of sp³-hybridized carbons (Fsp3) is 0.200. The molecule has 174 valence electrons. The third kappa shape index (κ3) is 4.33. The van der Waals surface area contributed by atoms with E-state index in [1.165, 1.54) is 5.01 Å². The molecule has 2 aromatic carbocycles. The number of nitrogens with zero attached hydrogens (tertiary/aromatic N) is 3. The van der Waals surface area contributed by atoms with Crippen LogP contribution < -0.4 is 5.32 Å². The van der Waals surface area contributed by atoms with Gasteiger partial charge < -0.3 is 5.32 Å². The van der Waals surface area contributed by atoms with Crippen LogP contribution in [0.4, 0.5) is 5.69 Å². The Morgan fingerprint density at radius 3 is 2.44 bits per heavy atom. The standard InChI is InChI=1S/C25H24N4O5/c1-4-29-24(31)22(27-20-15-26-14-18-12-8-9-13-19(18)20)21(25(32)34-33-16(2)30)23(28(29)3)17-10-6-5-7-11-17/h5-15,23,27H,4H2,1-3H3. The molecule has 9 heteroatoms. The second kappa shape index (κ2) is 9.72. The second-order valence-corrected chi connectivity index (χ2v) is 7.68. The number of hydrogen-bond acceptors (Lipinski definition) is 8. The SMILES string of the molecule is CCN1C(=O)C(Nc2cncc3ccccc23)=C(C(=O)OOC(C)=O)C(c2ccccc2)N1C. The maximum Gasteiger partial charge on any atom is 0.386 e. The van der Waals surface area contributed by atoms with E-state index in [2.05, 4.69) is 15.2 Å². The molecule has 0 saturated heterocycles. The first-order valence-electron chi connectivity index (χ1n) is 10.7. The number of benzene rings is 2. The third-order valence-corrected chi connectivity index (χ3v) is 5.54. The van der Waals surface area contributed by atoms with Crippen molar-refractivity contribution in [3.63, 3.8) is 0 Å². The van der Waals surface area contributed by atoms with Crippen molar-refractivity contribution < 1.29 is 24.2 Å². The molecule has 34 heavy (non-hydrogen) atoms. The molecule has 1 N–H and O–H groups in total. The van der Waals surface area contributed by atoms with Crippen LogP contribution in [0.2, 0.25) is 0 Å². The highest BCUT2D eigenvalue weighted by molar-refractivity contribution is 6.08. The summed E-state index contributed by atoms with van der Waals surface area (Å²) in [7, 11) is 1.72. The van der Waals surface area contributed by atoms with Gasteiger partial charge in [0.15, 0.2) is 0 Å². The van der Waals surface area contributed by atoms with Gasteiger partial charge in [-0.05, 0) is 12.5 Å². The number of nitrogens with one attached hydrogen (secondary N) is 1. The quantitative estimate of drug-likeness (QED) is 0.457. The number of carbonyl (C=O) groups excluding carboxylic acids is 3. The average Bonchev–Trinajstić information content (AvgIpc) is 2.85. The number of fused-ring (bicyclic) bond motifs is 1. The van der Waals surface area contributed by atoms with Crippen molar-refractivity contribution in [2.75, 3.05) is 18.9 Å². The zero-order valence-electron chi connectivity index (χ0n) is 19.0. The maximum absolute atomic E-state index is 13.6. The highest BCUT2D eigenvalue weighted by Crippen LogP contribution is 2.37. The van der Waals surface area contributed by atoms with Crippen molar-refractivity contribution in [2.45, 2.75) is 19.9 Å². The number of amides is 1. The van der Waals surface area contributed by atoms with Crippen molar-refractivity contribution >= 4 is 34.3 Å². The molecule has 3 aromatic rings. The summed E-state index contributed by atoms with van der Waals surface area (Å²) in [6.07, 6.45) is 3.30. The number of anilines is 1. The summed E-state index contributed by atoms with van der Waals surface area (Å²) in [5, 5.41) is 8.03. The van der Waals surface area contributed by atoms with Crippen LogP contribution in [0, 0.1) is 0 Å². The van der Waals surface area contributed by atoms with Crippen LogP contribution in [0.5, 0.6) is 0 Å². The minimum absolute atomic E-state index is 0.0117. The Hall–Kier alpha value is -4.24. The molecular formula is C25H24N4O5. The van der Waals surface area contributed by atoms with Crippen molar-refractivity contribution in [2.24, 2.45) is 0 Å². The van der Waals surface area contributed by atoms with Crippen LogP contribution in [0.15, 0.2) is 78.3 Å². The number of pyridine rings is 1. The van der Waals surface area contributed by atoms with Crippen LogP contribution >= 0.6 is 0 Å². The molecule has 0 bridgehead atoms. The van der Waals surface area contributed by atoms with Crippen molar-refractivity contribution in [3.05, 3.63) is 83.8 Å². The highest BCUT2D eigenvalue weighted by Gasteiger charge is 2.43. The summed E-state index contributed by atoms with van der Waals surface area (Å²) in [5.41, 5.74) is 1.33. The Kier molecular flexibility index (Phi) is 6.55. The molecule has 9 nitrogen and oxygen atoms in total. The first-order chi connectivity index (χ1) is 16.4. The topological polar surface area (TPSA) is 101 Å². The van der Waals surface area contributed by atoms with E-state index in [9.17, 15) is 14.4 Å². The molecule has 0 radical (unpaired) electrons. The van der Waals surface area contributed by atoms with E-state index in [4.69, 9.17) is 4.89 Å². The maximum atomic E-state index is 13.6. The van der Waals surface area contributed by atoms with Crippen molar-refractivity contribution in [1.82, 2.24) is 15.0 Å². The van der Waals surface area contributed by atoms with Gasteiger partial charge >= 0.3 is 11.9 Å². The second-order valence-electron chi connectivity index (χ2n) is 7.68. The number of hydrazine groups is 1. The number of rotatable bonds is 5. The Morgan fingerprint density at radius 2 is 1.74 bits per heavy atom. The predicted molar refractivity (Wildman–Crippen MR) is 125 cm³/mol.